The van der Waals surface area contributed by atoms with Gasteiger partial charge in [-0.15, -0.1) is 23.7 Å². The van der Waals surface area contributed by atoms with Gasteiger partial charge in [0.25, 0.3) is 0 Å². The predicted molar refractivity (Wildman–Crippen MR) is 75.6 cm³/mol. The fraction of sp³-hybridized carbons (Fsp3) is 0.667. The number of carbonyl (C=O) groups is 1. The number of nitrogens with zero attached hydrogens (tertiary/aromatic N) is 1. The van der Waals surface area contributed by atoms with E-state index in [0.717, 1.165) is 30.2 Å². The summed E-state index contributed by atoms with van der Waals surface area (Å²) in [6.45, 7) is 0.948. The summed E-state index contributed by atoms with van der Waals surface area (Å²) in [6.07, 6.45) is 5.75. The Hall–Kier alpha value is -0.650. The molecule has 0 spiro atoms. The summed E-state index contributed by atoms with van der Waals surface area (Å²) in [5, 5.41) is 8.99. The Morgan fingerprint density at radius 3 is 2.89 bits per heavy atom. The zero-order chi connectivity index (χ0) is 11.7. The molecule has 18 heavy (non-hydrogen) atoms. The van der Waals surface area contributed by atoms with Gasteiger partial charge in [-0.05, 0) is 32.2 Å². The number of nitrogens with one attached hydrogen (secondary N) is 2. The van der Waals surface area contributed by atoms with E-state index in [1.54, 1.807) is 0 Å². The highest BCUT2D eigenvalue weighted by molar-refractivity contribution is 7.13. The molecule has 1 aliphatic heterocycles. The van der Waals surface area contributed by atoms with Crippen LogP contribution < -0.4 is 10.6 Å². The first-order chi connectivity index (χ1) is 8.33. The van der Waals surface area contributed by atoms with Gasteiger partial charge in [-0.2, -0.15) is 0 Å². The number of piperidine rings is 1. The minimum Gasteiger partial charge on any atom is -0.306 e. The molecule has 1 saturated carbocycles. The molecule has 0 aromatic carbocycles. The summed E-state index contributed by atoms with van der Waals surface area (Å²) < 4.78 is 0. The molecule has 3 rings (SSSR count). The van der Waals surface area contributed by atoms with Crippen molar-refractivity contribution < 1.29 is 4.79 Å². The van der Waals surface area contributed by atoms with Crippen LogP contribution in [0.2, 0.25) is 0 Å². The summed E-state index contributed by atoms with van der Waals surface area (Å²) in [5.41, 5.74) is 1.15. The molecule has 1 aromatic rings. The van der Waals surface area contributed by atoms with Gasteiger partial charge in [0.05, 0.1) is 11.7 Å². The minimum absolute atomic E-state index is 0. The van der Waals surface area contributed by atoms with E-state index in [4.69, 9.17) is 0 Å². The third-order valence-corrected chi connectivity index (χ3v) is 4.15. The first kappa shape index (κ1) is 13.8. The van der Waals surface area contributed by atoms with Gasteiger partial charge in [0.15, 0.2) is 5.13 Å². The topological polar surface area (TPSA) is 54.0 Å². The number of carbonyl (C=O) groups excluding carboxylic acids is 1. The maximum absolute atomic E-state index is 12.0. The first-order valence-corrected chi connectivity index (χ1v) is 7.20. The number of rotatable bonds is 3. The van der Waals surface area contributed by atoms with Gasteiger partial charge in [0.2, 0.25) is 5.91 Å². The van der Waals surface area contributed by atoms with Crippen molar-refractivity contribution in [3.63, 3.8) is 0 Å². The van der Waals surface area contributed by atoms with Crippen molar-refractivity contribution in [2.45, 2.75) is 44.1 Å². The molecule has 1 amide bonds. The molecule has 0 radical (unpaired) electrons. The number of anilines is 1. The fourth-order valence-electron chi connectivity index (χ4n) is 2.18. The van der Waals surface area contributed by atoms with Crippen molar-refractivity contribution in [3.8, 4) is 0 Å². The number of hydrogen-bond acceptors (Lipinski definition) is 4. The number of halogens is 1. The van der Waals surface area contributed by atoms with E-state index in [1.807, 2.05) is 0 Å². The Balaban J connectivity index is 0.00000120. The maximum Gasteiger partial charge on any atom is 0.243 e. The summed E-state index contributed by atoms with van der Waals surface area (Å²) in [7, 11) is 0. The molecule has 2 heterocycles. The highest BCUT2D eigenvalue weighted by atomic mass is 35.5. The Morgan fingerprint density at radius 2 is 2.22 bits per heavy atom. The van der Waals surface area contributed by atoms with E-state index in [9.17, 15) is 4.79 Å². The number of amides is 1. The lowest BCUT2D eigenvalue weighted by molar-refractivity contribution is -0.118. The van der Waals surface area contributed by atoms with Gasteiger partial charge in [-0.25, -0.2) is 4.98 Å². The van der Waals surface area contributed by atoms with E-state index >= 15 is 0 Å². The third-order valence-electron chi connectivity index (χ3n) is 3.37. The van der Waals surface area contributed by atoms with Crippen LogP contribution in [0.5, 0.6) is 0 Å². The van der Waals surface area contributed by atoms with Crippen LogP contribution in [0, 0.1) is 0 Å². The van der Waals surface area contributed by atoms with Crippen LogP contribution in [-0.2, 0) is 4.79 Å². The summed E-state index contributed by atoms with van der Waals surface area (Å²) in [5.74, 6) is 0.728. The third kappa shape index (κ3) is 3.22. The molecule has 100 valence electrons. The number of hydrogen-bond donors (Lipinski definition) is 2. The second kappa shape index (κ2) is 5.99. The van der Waals surface area contributed by atoms with Gasteiger partial charge in [0.1, 0.15) is 0 Å². The standard InChI is InChI=1S/C12H17N3OS.ClH/c16-11(9-3-1-2-6-13-9)15-12-14-10(7-17-12)8-4-5-8;/h7-9,13H,1-6H2,(H,14,15,16);1H. The van der Waals surface area contributed by atoms with Crippen LogP contribution in [0.3, 0.4) is 0 Å². The van der Waals surface area contributed by atoms with Crippen LogP contribution in [-0.4, -0.2) is 23.5 Å². The normalized spacial score (nSPS) is 23.2. The molecule has 1 aliphatic carbocycles. The molecular formula is C12H18ClN3OS. The fourth-order valence-corrected chi connectivity index (χ4v) is 2.97. The molecule has 1 atom stereocenters. The van der Waals surface area contributed by atoms with E-state index in [-0.39, 0.29) is 24.4 Å². The molecule has 1 aromatic heterocycles. The Kier molecular flexibility index (Phi) is 4.59. The second-order valence-corrected chi connectivity index (χ2v) is 5.70. The highest BCUT2D eigenvalue weighted by Crippen LogP contribution is 2.40. The number of thiazole rings is 1. The Bertz CT molecular complexity index is 413. The molecule has 2 fully saturated rings. The van der Waals surface area contributed by atoms with Crippen molar-refractivity contribution in [2.24, 2.45) is 0 Å². The van der Waals surface area contributed by atoms with E-state index in [1.165, 1.54) is 30.6 Å². The molecule has 4 nitrogen and oxygen atoms in total. The van der Waals surface area contributed by atoms with Crippen LogP contribution in [0.25, 0.3) is 0 Å². The molecular weight excluding hydrogens is 270 g/mol. The van der Waals surface area contributed by atoms with Crippen LogP contribution >= 0.6 is 23.7 Å². The highest BCUT2D eigenvalue weighted by Gasteiger charge is 2.27. The molecule has 6 heteroatoms. The average Bonchev–Trinajstić information content (AvgIpc) is 3.12. The van der Waals surface area contributed by atoms with Gasteiger partial charge in [0, 0.05) is 11.3 Å². The first-order valence-electron chi connectivity index (χ1n) is 6.32. The predicted octanol–water partition coefficient (Wildman–Crippen LogP) is 2.52. The Labute approximate surface area is 117 Å². The quantitative estimate of drug-likeness (QED) is 0.898. The Morgan fingerprint density at radius 1 is 1.39 bits per heavy atom. The van der Waals surface area contributed by atoms with Crippen molar-refractivity contribution in [2.75, 3.05) is 11.9 Å². The lowest BCUT2D eigenvalue weighted by Crippen LogP contribution is -2.43. The van der Waals surface area contributed by atoms with Gasteiger partial charge < -0.3 is 10.6 Å². The van der Waals surface area contributed by atoms with Gasteiger partial charge in [-0.3, -0.25) is 4.79 Å². The minimum atomic E-state index is -0.0305. The number of aromatic nitrogens is 1. The van der Waals surface area contributed by atoms with Crippen molar-refractivity contribution in [1.29, 1.82) is 0 Å². The molecule has 0 bridgehead atoms. The molecule has 1 unspecified atom stereocenters. The summed E-state index contributed by atoms with van der Waals surface area (Å²) >= 11 is 1.54. The maximum atomic E-state index is 12.0. The van der Waals surface area contributed by atoms with Crippen LogP contribution in [0.1, 0.15) is 43.7 Å². The zero-order valence-electron chi connectivity index (χ0n) is 10.1. The van der Waals surface area contributed by atoms with E-state index < -0.39 is 0 Å². The smallest absolute Gasteiger partial charge is 0.243 e. The van der Waals surface area contributed by atoms with Crippen molar-refractivity contribution in [1.82, 2.24) is 10.3 Å². The van der Waals surface area contributed by atoms with Gasteiger partial charge in [-0.1, -0.05) is 6.42 Å². The lowest BCUT2D eigenvalue weighted by Gasteiger charge is -2.21. The van der Waals surface area contributed by atoms with E-state index in [0.29, 0.717) is 5.92 Å². The summed E-state index contributed by atoms with van der Waals surface area (Å²) in [4.78, 5) is 16.4. The van der Waals surface area contributed by atoms with Crippen LogP contribution in [0.4, 0.5) is 5.13 Å². The molecule has 1 saturated heterocycles. The largest absolute Gasteiger partial charge is 0.306 e. The molecule has 2 aliphatic rings. The zero-order valence-corrected chi connectivity index (χ0v) is 11.8. The monoisotopic (exact) mass is 287 g/mol. The summed E-state index contributed by atoms with van der Waals surface area (Å²) in [6, 6.07) is -0.0305. The van der Waals surface area contributed by atoms with Crippen LogP contribution in [0.15, 0.2) is 5.38 Å². The molecule has 2 N–H and O–H groups in total. The second-order valence-electron chi connectivity index (χ2n) is 4.84. The average molecular weight is 288 g/mol. The van der Waals surface area contributed by atoms with E-state index in [2.05, 4.69) is 21.0 Å². The van der Waals surface area contributed by atoms with Crippen molar-refractivity contribution in [3.05, 3.63) is 11.1 Å². The van der Waals surface area contributed by atoms with Crippen molar-refractivity contribution >= 4 is 34.8 Å². The van der Waals surface area contributed by atoms with Gasteiger partial charge >= 0.3 is 0 Å². The lowest BCUT2D eigenvalue weighted by atomic mass is 10.0. The SMILES string of the molecule is Cl.O=C(Nc1nc(C2CC2)cs1)C1CCCCN1.